The van der Waals surface area contributed by atoms with E-state index in [1.165, 1.54) is 31.3 Å². The molecule has 2 aliphatic rings. The molecule has 1 atom stereocenters. The molecule has 8 nitrogen and oxygen atoms in total. The van der Waals surface area contributed by atoms with Crippen molar-refractivity contribution in [3.63, 3.8) is 0 Å². The van der Waals surface area contributed by atoms with Crippen molar-refractivity contribution in [1.82, 2.24) is 24.3 Å². The first-order chi connectivity index (χ1) is 19.4. The number of ether oxygens (including phenoxy) is 1. The fourth-order valence-corrected chi connectivity index (χ4v) is 5.67. The fraction of sp³-hybridized carbons (Fsp3) is 0.323. The van der Waals surface area contributed by atoms with E-state index in [4.69, 9.17) is 10.5 Å². The van der Waals surface area contributed by atoms with Crippen LogP contribution in [0, 0.1) is 12.7 Å². The van der Waals surface area contributed by atoms with E-state index >= 15 is 0 Å². The van der Waals surface area contributed by atoms with Crippen LogP contribution in [-0.2, 0) is 4.79 Å². The third-order valence-corrected chi connectivity index (χ3v) is 7.90. The molecular weight excluding hydrogens is 507 g/mol. The summed E-state index contributed by atoms with van der Waals surface area (Å²) >= 11 is 0. The van der Waals surface area contributed by atoms with Gasteiger partial charge in [0.15, 0.2) is 0 Å². The van der Waals surface area contributed by atoms with E-state index in [0.29, 0.717) is 36.4 Å². The monoisotopic (exact) mass is 540 g/mol. The Morgan fingerprint density at radius 1 is 1.15 bits per heavy atom. The maximum Gasteiger partial charge on any atom is 0.246 e. The predicted molar refractivity (Wildman–Crippen MR) is 154 cm³/mol. The van der Waals surface area contributed by atoms with Gasteiger partial charge >= 0.3 is 0 Å². The molecule has 2 N–H and O–H groups in total. The van der Waals surface area contributed by atoms with Crippen LogP contribution >= 0.6 is 0 Å². The number of anilines is 1. The van der Waals surface area contributed by atoms with Crippen LogP contribution in [-0.4, -0.2) is 63.0 Å². The molecule has 0 spiro atoms. The van der Waals surface area contributed by atoms with E-state index in [2.05, 4.69) is 33.4 Å². The molecule has 0 bridgehead atoms. The molecule has 3 heterocycles. The number of likely N-dealkylation sites (N-methyl/N-ethyl adjacent to an activating group) is 1. The van der Waals surface area contributed by atoms with Crippen molar-refractivity contribution in [3.8, 4) is 22.6 Å². The molecule has 0 unspecified atom stereocenters. The van der Waals surface area contributed by atoms with Crippen LogP contribution in [0.2, 0.25) is 0 Å². The lowest BCUT2D eigenvalue weighted by Crippen LogP contribution is -2.28. The topological polar surface area (TPSA) is 89.5 Å². The average molecular weight is 541 g/mol. The van der Waals surface area contributed by atoms with Crippen LogP contribution < -0.4 is 10.5 Å². The quantitative estimate of drug-likeness (QED) is 0.303. The Kier molecular flexibility index (Phi) is 6.98. The van der Waals surface area contributed by atoms with Gasteiger partial charge in [0.05, 0.1) is 11.4 Å². The number of fused-ring (bicyclic) bond motifs is 1. The van der Waals surface area contributed by atoms with E-state index in [-0.39, 0.29) is 17.8 Å². The van der Waals surface area contributed by atoms with Crippen LogP contribution in [0.3, 0.4) is 0 Å². The van der Waals surface area contributed by atoms with Crippen molar-refractivity contribution in [3.05, 3.63) is 78.5 Å². The number of carbonyl (C=O) groups is 1. The number of nitrogen functional groups attached to an aromatic ring is 1. The summed E-state index contributed by atoms with van der Waals surface area (Å²) < 4.78 is 21.6. The highest BCUT2D eigenvalue weighted by Crippen LogP contribution is 2.40. The van der Waals surface area contributed by atoms with E-state index < -0.39 is 0 Å². The number of nitrogens with two attached hydrogens (primary N) is 1. The summed E-state index contributed by atoms with van der Waals surface area (Å²) in [6.45, 7) is 4.15. The molecular formula is C31H33FN6O2. The molecule has 2 aromatic carbocycles. The van der Waals surface area contributed by atoms with Gasteiger partial charge in [-0.05, 0) is 63.1 Å². The van der Waals surface area contributed by atoms with Crippen molar-refractivity contribution in [2.24, 2.45) is 0 Å². The summed E-state index contributed by atoms with van der Waals surface area (Å²) in [4.78, 5) is 26.0. The molecule has 2 aromatic heterocycles. The van der Waals surface area contributed by atoms with Gasteiger partial charge < -0.3 is 19.9 Å². The first-order valence-corrected chi connectivity index (χ1v) is 13.7. The zero-order valence-corrected chi connectivity index (χ0v) is 22.8. The third kappa shape index (κ3) is 5.16. The molecule has 4 aromatic rings. The molecule has 1 amide bonds. The maximum atomic E-state index is 13.6. The largest absolute Gasteiger partial charge is 0.457 e. The Morgan fingerprint density at radius 3 is 2.70 bits per heavy atom. The van der Waals surface area contributed by atoms with E-state index in [1.807, 2.05) is 35.2 Å². The number of amides is 1. The number of nitrogens with zero attached hydrogens (tertiary/aromatic N) is 5. The van der Waals surface area contributed by atoms with Crippen molar-refractivity contribution >= 4 is 22.8 Å². The van der Waals surface area contributed by atoms with Crippen molar-refractivity contribution in [1.29, 1.82) is 0 Å². The zero-order chi connectivity index (χ0) is 27.8. The summed E-state index contributed by atoms with van der Waals surface area (Å²) in [5.41, 5.74) is 10.1. The number of aromatic nitrogens is 3. The molecule has 1 saturated carbocycles. The van der Waals surface area contributed by atoms with Gasteiger partial charge in [0.1, 0.15) is 35.1 Å². The molecule has 40 heavy (non-hydrogen) atoms. The van der Waals surface area contributed by atoms with Crippen LogP contribution in [0.5, 0.6) is 11.5 Å². The van der Waals surface area contributed by atoms with Gasteiger partial charge in [-0.3, -0.25) is 9.69 Å². The molecule has 9 heteroatoms. The van der Waals surface area contributed by atoms with E-state index in [0.717, 1.165) is 40.8 Å². The Bertz CT molecular complexity index is 1580. The summed E-state index contributed by atoms with van der Waals surface area (Å²) in [6, 6.07) is 14.4. The Balaban J connectivity index is 1.25. The highest BCUT2D eigenvalue weighted by atomic mass is 19.1. The molecule has 1 saturated heterocycles. The number of benzene rings is 2. The molecule has 1 aliphatic carbocycles. The van der Waals surface area contributed by atoms with Gasteiger partial charge in [-0.1, -0.05) is 24.3 Å². The predicted octanol–water partition coefficient (Wildman–Crippen LogP) is 5.34. The minimum Gasteiger partial charge on any atom is -0.457 e. The molecule has 2 fully saturated rings. The second-order valence-electron chi connectivity index (χ2n) is 10.7. The van der Waals surface area contributed by atoms with Crippen molar-refractivity contribution in [2.75, 3.05) is 32.4 Å². The SMILES string of the molecule is Cc1c(-c2ccc(Oc3cccc(F)c3)cc2)c2c(N)ncnc2n1[C@@H]1CCN(C(=O)C=CCN(C)C2CC2)C1. The average Bonchev–Trinajstić information content (AvgIpc) is 3.60. The lowest BCUT2D eigenvalue weighted by atomic mass is 10.0. The lowest BCUT2D eigenvalue weighted by Gasteiger charge is -2.18. The number of hydrogen-bond donors (Lipinski definition) is 1. The van der Waals surface area contributed by atoms with E-state index in [1.54, 1.807) is 18.2 Å². The van der Waals surface area contributed by atoms with Crippen LogP contribution in [0.25, 0.3) is 22.2 Å². The van der Waals surface area contributed by atoms with Crippen molar-refractivity contribution in [2.45, 2.75) is 38.3 Å². The second-order valence-corrected chi connectivity index (χ2v) is 10.7. The summed E-state index contributed by atoms with van der Waals surface area (Å²) in [5, 5.41) is 0.798. The van der Waals surface area contributed by atoms with Crippen molar-refractivity contribution < 1.29 is 13.9 Å². The summed E-state index contributed by atoms with van der Waals surface area (Å²) in [7, 11) is 2.11. The highest BCUT2D eigenvalue weighted by molar-refractivity contribution is 6.02. The van der Waals surface area contributed by atoms with Crippen LogP contribution in [0.4, 0.5) is 10.2 Å². The minimum atomic E-state index is -0.350. The summed E-state index contributed by atoms with van der Waals surface area (Å²) in [6.07, 6.45) is 8.50. The highest BCUT2D eigenvalue weighted by Gasteiger charge is 2.31. The number of hydrogen-bond acceptors (Lipinski definition) is 6. The lowest BCUT2D eigenvalue weighted by molar-refractivity contribution is -0.125. The molecule has 206 valence electrons. The smallest absolute Gasteiger partial charge is 0.246 e. The van der Waals surface area contributed by atoms with E-state index in [9.17, 15) is 9.18 Å². The Morgan fingerprint density at radius 2 is 1.95 bits per heavy atom. The van der Waals surface area contributed by atoms with Gasteiger partial charge in [-0.15, -0.1) is 0 Å². The number of rotatable bonds is 8. The number of halogens is 1. The van der Waals surface area contributed by atoms with Gasteiger partial charge in [0.2, 0.25) is 5.91 Å². The normalized spacial score (nSPS) is 17.4. The van der Waals surface area contributed by atoms with Gasteiger partial charge in [0.25, 0.3) is 0 Å². The van der Waals surface area contributed by atoms with Crippen LogP contribution in [0.15, 0.2) is 67.0 Å². The van der Waals surface area contributed by atoms with Gasteiger partial charge in [-0.2, -0.15) is 0 Å². The first-order valence-electron chi connectivity index (χ1n) is 13.7. The Labute approximate surface area is 232 Å². The minimum absolute atomic E-state index is 0.0454. The maximum absolute atomic E-state index is 13.6. The third-order valence-electron chi connectivity index (χ3n) is 7.90. The standard InChI is InChI=1S/C31H33FN6O2/c1-20-28(21-8-12-25(13-9-21)40-26-6-3-5-22(32)17-26)29-30(33)34-19-35-31(29)38(20)24-14-16-37(18-24)27(39)7-4-15-36(2)23-10-11-23/h3-9,12-13,17,19,23-24H,10-11,14-16,18H2,1-2H3,(H2,33,34,35)/t24-/m1/s1. The zero-order valence-electron chi connectivity index (χ0n) is 22.8. The van der Waals surface area contributed by atoms with Gasteiger partial charge in [-0.25, -0.2) is 14.4 Å². The molecule has 6 rings (SSSR count). The molecule has 1 aliphatic heterocycles. The molecule has 0 radical (unpaired) electrons. The summed E-state index contributed by atoms with van der Waals surface area (Å²) in [5.74, 6) is 1.14. The fourth-order valence-electron chi connectivity index (χ4n) is 5.67. The number of carbonyl (C=O) groups excluding carboxylic acids is 1. The Hall–Kier alpha value is -4.24. The second kappa shape index (κ2) is 10.7. The number of likely N-dealkylation sites (tertiary alicyclic amines) is 1. The first kappa shape index (κ1) is 26.0. The van der Waals surface area contributed by atoms with Gasteiger partial charge in [0, 0.05) is 49.1 Å². The van der Waals surface area contributed by atoms with Crippen LogP contribution in [0.1, 0.15) is 31.0 Å².